The number of sulfone groups is 1. The van der Waals surface area contributed by atoms with E-state index in [0.29, 0.717) is 5.75 Å². The van der Waals surface area contributed by atoms with Crippen LogP contribution in [0.2, 0.25) is 0 Å². The Kier molecular flexibility index (Phi) is 3.61. The predicted octanol–water partition coefficient (Wildman–Crippen LogP) is 1.98. The molecule has 1 unspecified atom stereocenters. The molecule has 17 heavy (non-hydrogen) atoms. The van der Waals surface area contributed by atoms with Crippen molar-refractivity contribution in [3.05, 3.63) is 21.9 Å². The van der Waals surface area contributed by atoms with Crippen molar-refractivity contribution in [3.63, 3.8) is 0 Å². The molecule has 0 aliphatic carbocycles. The van der Waals surface area contributed by atoms with Crippen molar-refractivity contribution in [1.29, 1.82) is 0 Å². The Morgan fingerprint density at radius 2 is 2.12 bits per heavy atom. The van der Waals surface area contributed by atoms with Gasteiger partial charge in [-0.05, 0) is 31.9 Å². The lowest BCUT2D eigenvalue weighted by Gasteiger charge is -2.23. The maximum Gasteiger partial charge on any atom is 0.152 e. The minimum atomic E-state index is -2.82. The second kappa shape index (κ2) is 4.71. The Labute approximate surface area is 107 Å². The molecule has 5 heteroatoms. The maximum atomic E-state index is 11.5. The quantitative estimate of drug-likeness (QED) is 0.912. The average Bonchev–Trinajstić information content (AvgIpc) is 2.81. The Hall–Kier alpha value is -0.390. The third kappa shape index (κ3) is 3.30. The molecule has 0 saturated carbocycles. The molecule has 1 aliphatic heterocycles. The third-order valence-electron chi connectivity index (χ3n) is 3.26. The van der Waals surface area contributed by atoms with Gasteiger partial charge in [-0.15, -0.1) is 11.3 Å². The van der Waals surface area contributed by atoms with Gasteiger partial charge in [0, 0.05) is 21.8 Å². The van der Waals surface area contributed by atoms with Crippen LogP contribution in [0.1, 0.15) is 30.0 Å². The largest absolute Gasteiger partial charge is 0.306 e. The fraction of sp³-hybridized carbons (Fsp3) is 0.667. The van der Waals surface area contributed by atoms with Gasteiger partial charge in [0.15, 0.2) is 9.84 Å². The normalized spacial score (nSPS) is 27.4. The second-order valence-corrected chi connectivity index (χ2v) is 8.41. The lowest BCUT2D eigenvalue weighted by atomic mass is 10.0. The molecule has 1 aromatic rings. The first-order valence-electron chi connectivity index (χ1n) is 5.95. The molecule has 1 N–H and O–H groups in total. The lowest BCUT2D eigenvalue weighted by molar-refractivity contribution is 0.397. The molecule has 1 fully saturated rings. The van der Waals surface area contributed by atoms with Gasteiger partial charge in [-0.25, -0.2) is 8.42 Å². The zero-order valence-electron chi connectivity index (χ0n) is 10.3. The summed E-state index contributed by atoms with van der Waals surface area (Å²) >= 11 is 1.80. The molecule has 96 valence electrons. The molecule has 0 aromatic carbocycles. The molecule has 0 amide bonds. The Morgan fingerprint density at radius 3 is 2.65 bits per heavy atom. The van der Waals surface area contributed by atoms with E-state index in [0.717, 1.165) is 19.4 Å². The number of hydrogen-bond donors (Lipinski definition) is 1. The third-order valence-corrected chi connectivity index (χ3v) is 6.39. The van der Waals surface area contributed by atoms with Crippen LogP contribution in [0.3, 0.4) is 0 Å². The molecule has 2 rings (SSSR count). The topological polar surface area (TPSA) is 46.2 Å². The van der Waals surface area contributed by atoms with E-state index in [1.807, 2.05) is 6.92 Å². The van der Waals surface area contributed by atoms with Gasteiger partial charge in [-0.2, -0.15) is 0 Å². The van der Waals surface area contributed by atoms with E-state index in [1.54, 1.807) is 11.3 Å². The monoisotopic (exact) mass is 273 g/mol. The summed E-state index contributed by atoms with van der Waals surface area (Å²) in [4.78, 5) is 2.67. The number of thiophene rings is 1. The van der Waals surface area contributed by atoms with Crippen LogP contribution < -0.4 is 5.32 Å². The van der Waals surface area contributed by atoms with E-state index in [4.69, 9.17) is 0 Å². The number of nitrogens with one attached hydrogen (secondary N) is 1. The molecule has 0 radical (unpaired) electrons. The maximum absolute atomic E-state index is 11.5. The van der Waals surface area contributed by atoms with Crippen LogP contribution in [-0.2, 0) is 22.8 Å². The zero-order chi connectivity index (χ0) is 12.5. The smallest absolute Gasteiger partial charge is 0.152 e. The summed E-state index contributed by atoms with van der Waals surface area (Å²) in [6.07, 6.45) is 1.79. The highest BCUT2D eigenvalue weighted by atomic mass is 32.2. The Morgan fingerprint density at radius 1 is 1.41 bits per heavy atom. The molecule has 0 bridgehead atoms. The first kappa shape index (κ1) is 13.1. The summed E-state index contributed by atoms with van der Waals surface area (Å²) in [5, 5.41) is 3.40. The van der Waals surface area contributed by atoms with E-state index in [1.165, 1.54) is 9.75 Å². The highest BCUT2D eigenvalue weighted by Crippen LogP contribution is 2.24. The van der Waals surface area contributed by atoms with Crippen molar-refractivity contribution < 1.29 is 8.42 Å². The number of hydrogen-bond acceptors (Lipinski definition) is 4. The van der Waals surface area contributed by atoms with Crippen molar-refractivity contribution in [1.82, 2.24) is 5.32 Å². The molecular formula is C12H19NO2S2. The van der Waals surface area contributed by atoms with Crippen LogP contribution >= 0.6 is 11.3 Å². The van der Waals surface area contributed by atoms with Gasteiger partial charge in [-0.1, -0.05) is 6.92 Å². The van der Waals surface area contributed by atoms with Crippen LogP contribution in [0.25, 0.3) is 0 Å². The summed E-state index contributed by atoms with van der Waals surface area (Å²) < 4.78 is 22.9. The standard InChI is InChI=1S/C12H19NO2S2/c1-3-10-4-5-11(16-10)8-13-12(2)6-7-17(14,15)9-12/h4-5,13H,3,6-9H2,1-2H3. The van der Waals surface area contributed by atoms with Crippen molar-refractivity contribution in [3.8, 4) is 0 Å². The first-order valence-corrected chi connectivity index (χ1v) is 8.59. The van der Waals surface area contributed by atoms with E-state index in [-0.39, 0.29) is 11.3 Å². The Balaban J connectivity index is 1.94. The van der Waals surface area contributed by atoms with E-state index in [2.05, 4.69) is 24.4 Å². The Bertz CT molecular complexity index is 492. The van der Waals surface area contributed by atoms with Crippen molar-refractivity contribution in [2.45, 2.75) is 38.8 Å². The minimum absolute atomic E-state index is 0.241. The predicted molar refractivity (Wildman–Crippen MR) is 72.2 cm³/mol. The first-order chi connectivity index (χ1) is 7.92. The minimum Gasteiger partial charge on any atom is -0.306 e. The van der Waals surface area contributed by atoms with Crippen LogP contribution in [0.15, 0.2) is 12.1 Å². The fourth-order valence-electron chi connectivity index (χ4n) is 2.16. The van der Waals surface area contributed by atoms with E-state index >= 15 is 0 Å². The zero-order valence-corrected chi connectivity index (χ0v) is 12.0. The fourth-order valence-corrected chi connectivity index (χ4v) is 5.18. The van der Waals surface area contributed by atoms with Gasteiger partial charge in [-0.3, -0.25) is 0 Å². The van der Waals surface area contributed by atoms with Gasteiger partial charge in [0.1, 0.15) is 0 Å². The van der Waals surface area contributed by atoms with Gasteiger partial charge < -0.3 is 5.32 Å². The molecule has 1 aromatic heterocycles. The summed E-state index contributed by atoms with van der Waals surface area (Å²) in [5.41, 5.74) is -0.241. The molecule has 1 atom stereocenters. The highest BCUT2D eigenvalue weighted by Gasteiger charge is 2.37. The van der Waals surface area contributed by atoms with Crippen molar-refractivity contribution >= 4 is 21.2 Å². The van der Waals surface area contributed by atoms with Gasteiger partial charge in [0.05, 0.1) is 11.5 Å². The van der Waals surface area contributed by atoms with Crippen LogP contribution in [0.5, 0.6) is 0 Å². The molecular weight excluding hydrogens is 254 g/mol. The van der Waals surface area contributed by atoms with Gasteiger partial charge in [0.2, 0.25) is 0 Å². The summed E-state index contributed by atoms with van der Waals surface area (Å²) in [5.74, 6) is 0.590. The van der Waals surface area contributed by atoms with Crippen molar-refractivity contribution in [2.24, 2.45) is 0 Å². The summed E-state index contributed by atoms with van der Waals surface area (Å²) in [6, 6.07) is 4.28. The van der Waals surface area contributed by atoms with Gasteiger partial charge >= 0.3 is 0 Å². The van der Waals surface area contributed by atoms with Crippen molar-refractivity contribution in [2.75, 3.05) is 11.5 Å². The summed E-state index contributed by atoms with van der Waals surface area (Å²) in [7, 11) is -2.82. The number of rotatable bonds is 4. The second-order valence-electron chi connectivity index (χ2n) is 4.98. The molecule has 2 heterocycles. The molecule has 0 spiro atoms. The van der Waals surface area contributed by atoms with Gasteiger partial charge in [0.25, 0.3) is 0 Å². The van der Waals surface area contributed by atoms with E-state index < -0.39 is 9.84 Å². The summed E-state index contributed by atoms with van der Waals surface area (Å²) in [6.45, 7) is 4.93. The van der Waals surface area contributed by atoms with Crippen LogP contribution in [0.4, 0.5) is 0 Å². The lowest BCUT2D eigenvalue weighted by Crippen LogP contribution is -2.42. The average molecular weight is 273 g/mol. The molecule has 1 aliphatic rings. The van der Waals surface area contributed by atoms with Crippen LogP contribution in [-0.4, -0.2) is 25.5 Å². The van der Waals surface area contributed by atoms with E-state index in [9.17, 15) is 8.42 Å². The molecule has 3 nitrogen and oxygen atoms in total. The van der Waals surface area contributed by atoms with Crippen LogP contribution in [0, 0.1) is 0 Å². The number of aryl methyl sites for hydroxylation is 1. The SMILES string of the molecule is CCc1ccc(CNC2(C)CCS(=O)(=O)C2)s1. The highest BCUT2D eigenvalue weighted by molar-refractivity contribution is 7.91. The molecule has 1 saturated heterocycles.